The van der Waals surface area contributed by atoms with E-state index in [9.17, 15) is 13.2 Å². The predicted molar refractivity (Wildman–Crippen MR) is 107 cm³/mol. The SMILES string of the molecule is C[C@@H](NC(=O)N1CCS(=O)(=O)C2CCCCC21)c1ccc2c(c1)CCCC2. The number of sulfone groups is 1. The van der Waals surface area contributed by atoms with Crippen molar-refractivity contribution >= 4 is 15.9 Å². The molecule has 1 saturated carbocycles. The zero-order valence-electron chi connectivity index (χ0n) is 16.1. The number of hydrogen-bond donors (Lipinski definition) is 1. The van der Waals surface area contributed by atoms with Crippen LogP contribution in [0.3, 0.4) is 0 Å². The molecule has 0 radical (unpaired) electrons. The second-order valence-electron chi connectivity index (χ2n) is 8.36. The van der Waals surface area contributed by atoms with Crippen molar-refractivity contribution in [2.45, 2.75) is 75.6 Å². The van der Waals surface area contributed by atoms with Gasteiger partial charge in [-0.15, -0.1) is 0 Å². The van der Waals surface area contributed by atoms with Crippen LogP contribution in [-0.4, -0.2) is 42.9 Å². The first-order chi connectivity index (χ1) is 13.0. The number of aryl methyl sites for hydroxylation is 2. The molecule has 4 rings (SSSR count). The van der Waals surface area contributed by atoms with Gasteiger partial charge in [0.25, 0.3) is 0 Å². The van der Waals surface area contributed by atoms with Crippen LogP contribution in [0.5, 0.6) is 0 Å². The minimum absolute atomic E-state index is 0.0784. The summed E-state index contributed by atoms with van der Waals surface area (Å²) in [6, 6.07) is 6.21. The van der Waals surface area contributed by atoms with Gasteiger partial charge in [0.2, 0.25) is 0 Å². The Labute approximate surface area is 162 Å². The van der Waals surface area contributed by atoms with E-state index >= 15 is 0 Å². The molecule has 0 spiro atoms. The Morgan fingerprint density at radius 3 is 2.67 bits per heavy atom. The van der Waals surface area contributed by atoms with Gasteiger partial charge < -0.3 is 10.2 Å². The van der Waals surface area contributed by atoms with E-state index in [4.69, 9.17) is 0 Å². The quantitative estimate of drug-likeness (QED) is 0.842. The highest BCUT2D eigenvalue weighted by Crippen LogP contribution is 2.32. The Hall–Kier alpha value is -1.56. The number of nitrogens with one attached hydrogen (secondary N) is 1. The molecule has 3 aliphatic rings. The van der Waals surface area contributed by atoms with E-state index in [1.807, 2.05) is 6.92 Å². The number of benzene rings is 1. The number of nitrogens with zero attached hydrogens (tertiary/aromatic N) is 1. The molecule has 27 heavy (non-hydrogen) atoms. The lowest BCUT2D eigenvalue weighted by molar-refractivity contribution is 0.153. The molecule has 1 saturated heterocycles. The van der Waals surface area contributed by atoms with Crippen LogP contribution >= 0.6 is 0 Å². The summed E-state index contributed by atoms with van der Waals surface area (Å²) in [5, 5.41) is 2.75. The molecule has 2 amide bonds. The lowest BCUT2D eigenvalue weighted by Crippen LogP contribution is -2.59. The molecule has 148 valence electrons. The van der Waals surface area contributed by atoms with Crippen LogP contribution in [-0.2, 0) is 22.7 Å². The molecule has 2 unspecified atom stereocenters. The highest BCUT2D eigenvalue weighted by Gasteiger charge is 2.44. The van der Waals surface area contributed by atoms with E-state index in [2.05, 4.69) is 23.5 Å². The molecule has 1 N–H and O–H groups in total. The minimum atomic E-state index is -3.06. The molecule has 3 atom stereocenters. The maximum absolute atomic E-state index is 13.0. The van der Waals surface area contributed by atoms with Gasteiger partial charge in [-0.25, -0.2) is 13.2 Å². The first kappa shape index (κ1) is 18.8. The number of amides is 2. The maximum atomic E-state index is 13.0. The second-order valence-corrected chi connectivity index (χ2v) is 10.7. The van der Waals surface area contributed by atoms with Crippen LogP contribution in [0.25, 0.3) is 0 Å². The van der Waals surface area contributed by atoms with Gasteiger partial charge in [0.1, 0.15) is 0 Å². The standard InChI is InChI=1S/C21H30N2O3S/c1-15(17-11-10-16-6-2-3-7-18(16)14-17)22-21(24)23-12-13-27(25,26)20-9-5-4-8-19(20)23/h10-11,14-15,19-20H,2-9,12-13H2,1H3,(H,22,24)/t15-,19?,20?/m1/s1. The second kappa shape index (κ2) is 7.46. The van der Waals surface area contributed by atoms with Crippen LogP contribution in [0.2, 0.25) is 0 Å². The van der Waals surface area contributed by atoms with E-state index in [-0.39, 0.29) is 29.1 Å². The van der Waals surface area contributed by atoms with Crippen molar-refractivity contribution in [1.82, 2.24) is 10.2 Å². The van der Waals surface area contributed by atoms with Crippen LogP contribution in [0.4, 0.5) is 4.79 Å². The summed E-state index contributed by atoms with van der Waals surface area (Å²) >= 11 is 0. The van der Waals surface area contributed by atoms with Crippen molar-refractivity contribution in [3.8, 4) is 0 Å². The molecular weight excluding hydrogens is 360 g/mol. The van der Waals surface area contributed by atoms with Crippen molar-refractivity contribution in [2.75, 3.05) is 12.3 Å². The van der Waals surface area contributed by atoms with Crippen molar-refractivity contribution in [3.05, 3.63) is 34.9 Å². The average molecular weight is 391 g/mol. The normalized spacial score (nSPS) is 28.0. The Morgan fingerprint density at radius 2 is 1.85 bits per heavy atom. The average Bonchev–Trinajstić information content (AvgIpc) is 2.67. The molecule has 2 fully saturated rings. The van der Waals surface area contributed by atoms with Crippen molar-refractivity contribution in [3.63, 3.8) is 0 Å². The monoisotopic (exact) mass is 390 g/mol. The van der Waals surface area contributed by atoms with E-state index in [0.717, 1.165) is 37.7 Å². The van der Waals surface area contributed by atoms with Gasteiger partial charge >= 0.3 is 6.03 Å². The van der Waals surface area contributed by atoms with Gasteiger partial charge in [-0.3, -0.25) is 0 Å². The molecule has 1 aromatic carbocycles. The third-order valence-corrected chi connectivity index (χ3v) is 8.84. The Balaban J connectivity index is 1.47. The predicted octanol–water partition coefficient (Wildman–Crippen LogP) is 3.38. The topological polar surface area (TPSA) is 66.5 Å². The molecule has 0 bridgehead atoms. The lowest BCUT2D eigenvalue weighted by Gasteiger charge is -2.43. The summed E-state index contributed by atoms with van der Waals surface area (Å²) in [5.74, 6) is 0.0921. The Kier molecular flexibility index (Phi) is 5.19. The summed E-state index contributed by atoms with van der Waals surface area (Å²) in [5.41, 5.74) is 3.99. The van der Waals surface area contributed by atoms with Crippen LogP contribution < -0.4 is 5.32 Å². The van der Waals surface area contributed by atoms with Gasteiger partial charge in [0.15, 0.2) is 9.84 Å². The Morgan fingerprint density at radius 1 is 1.11 bits per heavy atom. The number of urea groups is 1. The highest BCUT2D eigenvalue weighted by atomic mass is 32.2. The smallest absolute Gasteiger partial charge is 0.318 e. The van der Waals surface area contributed by atoms with E-state index in [1.54, 1.807) is 4.90 Å². The summed E-state index contributed by atoms with van der Waals surface area (Å²) < 4.78 is 24.8. The number of carbonyl (C=O) groups is 1. The van der Waals surface area contributed by atoms with E-state index in [0.29, 0.717) is 13.0 Å². The third-order valence-electron chi connectivity index (χ3n) is 6.62. The molecule has 5 nitrogen and oxygen atoms in total. The number of fused-ring (bicyclic) bond motifs is 2. The van der Waals surface area contributed by atoms with Gasteiger partial charge in [0, 0.05) is 6.54 Å². The Bertz CT molecular complexity index is 821. The van der Waals surface area contributed by atoms with E-state index < -0.39 is 9.84 Å². The van der Waals surface area contributed by atoms with Gasteiger partial charge in [0.05, 0.1) is 23.1 Å². The van der Waals surface area contributed by atoms with Gasteiger partial charge in [-0.1, -0.05) is 31.0 Å². The summed E-state index contributed by atoms with van der Waals surface area (Å²) in [7, 11) is -3.06. The molecule has 0 aromatic heterocycles. The van der Waals surface area contributed by atoms with Crippen molar-refractivity contribution in [2.24, 2.45) is 0 Å². The molecular formula is C21H30N2O3S. The van der Waals surface area contributed by atoms with Gasteiger partial charge in [-0.2, -0.15) is 0 Å². The first-order valence-corrected chi connectivity index (χ1v) is 12.1. The molecule has 6 heteroatoms. The molecule has 1 aromatic rings. The summed E-state index contributed by atoms with van der Waals surface area (Å²) in [4.78, 5) is 14.7. The summed E-state index contributed by atoms with van der Waals surface area (Å²) in [6.45, 7) is 2.33. The number of hydrogen-bond acceptors (Lipinski definition) is 3. The fourth-order valence-electron chi connectivity index (χ4n) is 5.02. The van der Waals surface area contributed by atoms with Gasteiger partial charge in [-0.05, 0) is 62.1 Å². The third kappa shape index (κ3) is 3.73. The maximum Gasteiger partial charge on any atom is 0.318 e. The lowest BCUT2D eigenvalue weighted by atomic mass is 9.89. The first-order valence-electron chi connectivity index (χ1n) is 10.4. The van der Waals surface area contributed by atoms with Crippen molar-refractivity contribution in [1.29, 1.82) is 0 Å². The molecule has 1 heterocycles. The highest BCUT2D eigenvalue weighted by molar-refractivity contribution is 7.92. The largest absolute Gasteiger partial charge is 0.331 e. The molecule has 2 aliphatic carbocycles. The van der Waals surface area contributed by atoms with Crippen LogP contribution in [0, 0.1) is 0 Å². The van der Waals surface area contributed by atoms with Crippen LogP contribution in [0.1, 0.15) is 68.2 Å². The summed E-state index contributed by atoms with van der Waals surface area (Å²) in [6.07, 6.45) is 8.21. The van der Waals surface area contributed by atoms with Crippen LogP contribution in [0.15, 0.2) is 18.2 Å². The zero-order chi connectivity index (χ0) is 19.0. The number of rotatable bonds is 2. The fourth-order valence-corrected chi connectivity index (χ4v) is 7.06. The fraction of sp³-hybridized carbons (Fsp3) is 0.667. The number of carbonyl (C=O) groups excluding carboxylic acids is 1. The van der Waals surface area contributed by atoms with E-state index in [1.165, 1.54) is 24.0 Å². The van der Waals surface area contributed by atoms with Crippen molar-refractivity contribution < 1.29 is 13.2 Å². The zero-order valence-corrected chi connectivity index (χ0v) is 16.9. The minimum Gasteiger partial charge on any atom is -0.331 e. The molecule has 1 aliphatic heterocycles.